The molecule has 92 heavy (non-hydrogen) atoms. The van der Waals surface area contributed by atoms with Crippen molar-refractivity contribution in [2.45, 2.75) is 0 Å². The Bertz CT molecular complexity index is 5390. The lowest BCUT2D eigenvalue weighted by molar-refractivity contribution is 0.0635. The number of carbonyl (C=O) groups excluding carboxylic acids is 6. The van der Waals surface area contributed by atoms with Crippen LogP contribution in [0.15, 0.2) is 261 Å². The third-order valence-electron chi connectivity index (χ3n) is 18.2. The summed E-state index contributed by atoms with van der Waals surface area (Å²) in [7, 11) is 6.18. The summed E-state index contributed by atoms with van der Waals surface area (Å²) in [6.07, 6.45) is 0. The average molecular weight is 1190 g/mol. The van der Waals surface area contributed by atoms with Crippen LogP contribution in [0.3, 0.4) is 0 Å². The van der Waals surface area contributed by atoms with Gasteiger partial charge in [0, 0.05) is 76.1 Å². The maximum Gasteiger partial charge on any atom is 0.261 e. The minimum absolute atomic E-state index is 0.253. The minimum atomic E-state index is -0.287. The maximum absolute atomic E-state index is 13.0. The van der Waals surface area contributed by atoms with E-state index < -0.39 is 0 Å². The molecule has 0 atom stereocenters. The third kappa shape index (κ3) is 9.02. The first-order valence-electron chi connectivity index (χ1n) is 30.3. The lowest BCUT2D eigenvalue weighted by Crippen LogP contribution is -2.36. The molecule has 3 aliphatic heterocycles. The van der Waals surface area contributed by atoms with E-state index in [0.29, 0.717) is 44.5 Å². The average Bonchev–Trinajstić information content (AvgIpc) is 0.746. The van der Waals surface area contributed by atoms with Crippen LogP contribution >= 0.6 is 0 Å². The van der Waals surface area contributed by atoms with Crippen LogP contribution in [0.1, 0.15) is 62.1 Å². The number of hydrogen-bond acceptors (Lipinski definition) is 7. The Labute approximate surface area is 529 Å². The number of fused-ring (bicyclic) bond motifs is 3. The quantitative estimate of drug-likeness (QED) is 0.120. The van der Waals surface area contributed by atoms with Gasteiger partial charge in [0.05, 0.1) is 7.11 Å². The standard InChI is InChI=1S/C33H21NO2.C29H19NO2.C20H15NO3/c1-34-32(35)27-17-9-16-25-26(18-19-28(31(25)27)33(34)36)30-23-14-7-5-12-21(23)29(20-10-3-2-4-11-20)22-13-6-8-15-24(22)30;1-30-28(31)25-9-5-8-24-23(14-15-26(27(24)25)29(30)32)22-13-12-20-16-19(10-11-21(20)17-22)18-6-3-2-4-7-18;1-21-19(22)14-9-8-13(12-6-4-3-5-7-12)18-16(24-2)11-10-15(17(14)18)20(21)23/h2-19H,1H3;2-17H,1H3;3-11H,1-2H3. The van der Waals surface area contributed by atoms with Gasteiger partial charge in [-0.3, -0.25) is 43.5 Å². The number of methoxy groups -OCH3 is 1. The van der Waals surface area contributed by atoms with Crippen LogP contribution in [0.5, 0.6) is 5.75 Å². The molecule has 0 aliphatic carbocycles. The van der Waals surface area contributed by atoms with Gasteiger partial charge >= 0.3 is 0 Å². The lowest BCUT2D eigenvalue weighted by Gasteiger charge is -2.25. The van der Waals surface area contributed by atoms with Gasteiger partial charge in [0.15, 0.2) is 0 Å². The van der Waals surface area contributed by atoms with Crippen LogP contribution in [-0.2, 0) is 0 Å². The molecule has 440 valence electrons. The predicted octanol–water partition coefficient (Wildman–Crippen LogP) is 18.0. The van der Waals surface area contributed by atoms with E-state index in [1.807, 2.05) is 115 Å². The molecule has 0 radical (unpaired) electrons. The van der Waals surface area contributed by atoms with Crippen molar-refractivity contribution in [1.82, 2.24) is 14.7 Å². The fourth-order valence-electron chi connectivity index (χ4n) is 13.8. The summed E-state index contributed by atoms with van der Waals surface area (Å²) in [5.74, 6) is -0.946. The van der Waals surface area contributed by atoms with Crippen molar-refractivity contribution in [2.75, 3.05) is 28.3 Å². The van der Waals surface area contributed by atoms with Gasteiger partial charge in [-0.15, -0.1) is 0 Å². The van der Waals surface area contributed by atoms with E-state index in [2.05, 4.69) is 121 Å². The van der Waals surface area contributed by atoms with Crippen molar-refractivity contribution >= 4 is 100 Å². The van der Waals surface area contributed by atoms with Crippen molar-refractivity contribution in [3.8, 4) is 61.4 Å². The highest BCUT2D eigenvalue weighted by atomic mass is 16.5. The highest BCUT2D eigenvalue weighted by molar-refractivity contribution is 6.31. The molecule has 0 spiro atoms. The molecule has 14 aromatic rings. The zero-order chi connectivity index (χ0) is 63.1. The zero-order valence-electron chi connectivity index (χ0n) is 50.5. The summed E-state index contributed by atoms with van der Waals surface area (Å²) < 4.78 is 5.53. The molecule has 10 heteroatoms. The summed E-state index contributed by atoms with van der Waals surface area (Å²) in [4.78, 5) is 80.0. The monoisotopic (exact) mass is 1190 g/mol. The summed E-state index contributed by atoms with van der Waals surface area (Å²) >= 11 is 0. The van der Waals surface area contributed by atoms with E-state index in [1.54, 1.807) is 38.4 Å². The first-order chi connectivity index (χ1) is 44.9. The summed E-state index contributed by atoms with van der Waals surface area (Å²) in [5, 5.41) is 11.7. The van der Waals surface area contributed by atoms with E-state index in [4.69, 9.17) is 4.74 Å². The van der Waals surface area contributed by atoms with Gasteiger partial charge < -0.3 is 4.74 Å². The molecular weight excluding hydrogens is 1140 g/mol. The SMILES string of the molecule is CN1C(=O)c2cccc3c(-c4c5ccccc5c(-c5ccccc5)c5ccccc45)ccc(c23)C1=O.CN1C(=O)c2cccc3c(-c4ccc5cc(-c6ccccc6)ccc5c4)ccc(c23)C1=O.COc1ccc2c3c(ccc(-c4ccccc4)c13)C(=O)N(C)C2=O. The van der Waals surface area contributed by atoms with Gasteiger partial charge in [-0.1, -0.05) is 206 Å². The molecule has 0 fully saturated rings. The molecular formula is C82H55N3O7. The lowest BCUT2D eigenvalue weighted by atomic mass is 9.83. The Morgan fingerprint density at radius 2 is 0.587 bits per heavy atom. The highest BCUT2D eigenvalue weighted by Gasteiger charge is 2.35. The molecule has 0 aromatic heterocycles. The van der Waals surface area contributed by atoms with Crippen LogP contribution in [0.4, 0.5) is 0 Å². The van der Waals surface area contributed by atoms with Gasteiger partial charge in [-0.25, -0.2) is 0 Å². The second-order valence-electron chi connectivity index (χ2n) is 23.2. The van der Waals surface area contributed by atoms with E-state index in [9.17, 15) is 28.8 Å². The predicted molar refractivity (Wildman–Crippen MR) is 367 cm³/mol. The van der Waals surface area contributed by atoms with Gasteiger partial charge in [-0.05, 0) is 153 Å². The molecule has 0 saturated heterocycles. The Kier molecular flexibility index (Phi) is 13.8. The first kappa shape index (κ1) is 56.4. The van der Waals surface area contributed by atoms with Gasteiger partial charge in [0.1, 0.15) is 5.75 Å². The highest BCUT2D eigenvalue weighted by Crippen LogP contribution is 2.47. The normalized spacial score (nSPS) is 13.3. The van der Waals surface area contributed by atoms with E-state index in [1.165, 1.54) is 62.3 Å². The fraction of sp³-hybridized carbons (Fsp3) is 0.0488. The van der Waals surface area contributed by atoms with Crippen LogP contribution in [0.25, 0.3) is 120 Å². The van der Waals surface area contributed by atoms with E-state index in [-0.39, 0.29) is 35.4 Å². The largest absolute Gasteiger partial charge is 0.496 e. The topological polar surface area (TPSA) is 121 Å². The third-order valence-corrected chi connectivity index (χ3v) is 18.2. The fourth-order valence-corrected chi connectivity index (χ4v) is 13.8. The Balaban J connectivity index is 0.000000117. The zero-order valence-corrected chi connectivity index (χ0v) is 50.5. The number of nitrogens with zero attached hydrogens (tertiary/aromatic N) is 3. The summed E-state index contributed by atoms with van der Waals surface area (Å²) in [6.45, 7) is 0. The molecule has 0 bridgehead atoms. The number of ether oxygens (including phenoxy) is 1. The maximum atomic E-state index is 13.0. The number of rotatable bonds is 6. The van der Waals surface area contributed by atoms with Crippen molar-refractivity contribution in [3.63, 3.8) is 0 Å². The van der Waals surface area contributed by atoms with E-state index in [0.717, 1.165) is 81.4 Å². The number of imide groups is 3. The van der Waals surface area contributed by atoms with Crippen molar-refractivity contribution in [2.24, 2.45) is 0 Å². The van der Waals surface area contributed by atoms with Crippen LogP contribution in [0.2, 0.25) is 0 Å². The molecule has 3 heterocycles. The van der Waals surface area contributed by atoms with Gasteiger partial charge in [-0.2, -0.15) is 0 Å². The molecule has 17 rings (SSSR count). The number of carbonyl (C=O) groups is 6. The van der Waals surface area contributed by atoms with Crippen molar-refractivity contribution < 1.29 is 33.5 Å². The molecule has 3 aliphatic rings. The minimum Gasteiger partial charge on any atom is -0.496 e. The second-order valence-corrected chi connectivity index (χ2v) is 23.2. The van der Waals surface area contributed by atoms with Crippen molar-refractivity contribution in [1.29, 1.82) is 0 Å². The summed E-state index contributed by atoms with van der Waals surface area (Å²) in [6, 6.07) is 87.1. The van der Waals surface area contributed by atoms with Gasteiger partial charge in [0.25, 0.3) is 35.4 Å². The second kappa shape index (κ2) is 22.5. The van der Waals surface area contributed by atoms with Crippen LogP contribution in [-0.4, -0.2) is 78.4 Å². The number of benzene rings is 14. The van der Waals surface area contributed by atoms with Crippen LogP contribution < -0.4 is 4.74 Å². The molecule has 0 unspecified atom stereocenters. The molecule has 6 amide bonds. The van der Waals surface area contributed by atoms with Gasteiger partial charge in [0.2, 0.25) is 0 Å². The Morgan fingerprint density at radius 3 is 1.08 bits per heavy atom. The van der Waals surface area contributed by atoms with E-state index >= 15 is 0 Å². The van der Waals surface area contributed by atoms with Crippen molar-refractivity contribution in [3.05, 3.63) is 294 Å². The number of amides is 6. The first-order valence-corrected chi connectivity index (χ1v) is 30.3. The molecule has 14 aromatic carbocycles. The molecule has 0 N–H and O–H groups in total. The number of hydrogen-bond donors (Lipinski definition) is 0. The molecule has 10 nitrogen and oxygen atoms in total. The van der Waals surface area contributed by atoms with Crippen LogP contribution in [0, 0.1) is 0 Å². The smallest absolute Gasteiger partial charge is 0.261 e. The molecule has 0 saturated carbocycles. The summed E-state index contributed by atoms with van der Waals surface area (Å²) in [5.41, 5.74) is 14.3. The Morgan fingerprint density at radius 1 is 0.239 bits per heavy atom. The Hall–Kier alpha value is -12.1.